The van der Waals surface area contributed by atoms with Crippen LogP contribution in [0.2, 0.25) is 0 Å². The number of hydrogen-bond acceptors (Lipinski definition) is 4. The largest absolute Gasteiger partial charge is 0.326 e. The van der Waals surface area contributed by atoms with Crippen LogP contribution in [0.4, 0.5) is 11.4 Å². The zero-order valence-corrected chi connectivity index (χ0v) is 18.7. The average molecular weight is 432 g/mol. The number of thioether (sulfide) groups is 1. The smallest absolute Gasteiger partial charge is 0.242 e. The second kappa shape index (κ2) is 8.94. The Morgan fingerprint density at radius 3 is 2.65 bits per heavy atom. The van der Waals surface area contributed by atoms with Gasteiger partial charge < -0.3 is 5.32 Å². The first-order chi connectivity index (χ1) is 15.0. The van der Waals surface area contributed by atoms with Crippen molar-refractivity contribution in [3.8, 4) is 0 Å². The quantitative estimate of drug-likeness (QED) is 0.585. The first-order valence-electron chi connectivity index (χ1n) is 10.4. The summed E-state index contributed by atoms with van der Waals surface area (Å²) >= 11 is 1.37. The number of benzene rings is 3. The van der Waals surface area contributed by atoms with E-state index in [2.05, 4.69) is 5.32 Å². The minimum atomic E-state index is -0.473. The zero-order valence-electron chi connectivity index (χ0n) is 17.9. The van der Waals surface area contributed by atoms with Gasteiger partial charge in [0.25, 0.3) is 0 Å². The summed E-state index contributed by atoms with van der Waals surface area (Å²) in [7, 11) is 0. The molecule has 6 heteroatoms. The fourth-order valence-corrected chi connectivity index (χ4v) is 4.96. The number of anilines is 1. The zero-order chi connectivity index (χ0) is 22.0. The van der Waals surface area contributed by atoms with Crippen molar-refractivity contribution in [2.45, 2.75) is 32.4 Å². The molecule has 3 aromatic carbocycles. The highest BCUT2D eigenvalue weighted by atomic mass is 32.2. The van der Waals surface area contributed by atoms with Crippen LogP contribution in [-0.2, 0) is 9.59 Å². The van der Waals surface area contributed by atoms with Crippen LogP contribution in [0.15, 0.2) is 65.7 Å². The molecule has 1 atom stereocenters. The number of nitrogens with zero attached hydrogens (tertiary/aromatic N) is 2. The molecule has 0 aromatic heterocycles. The summed E-state index contributed by atoms with van der Waals surface area (Å²) in [5, 5.41) is 5.26. The molecule has 0 aliphatic carbocycles. The molecule has 1 N–H and O–H groups in total. The van der Waals surface area contributed by atoms with Gasteiger partial charge in [-0.3, -0.25) is 14.5 Å². The Morgan fingerprint density at radius 2 is 1.87 bits per heavy atom. The number of amides is 2. The van der Waals surface area contributed by atoms with Gasteiger partial charge in [0.2, 0.25) is 11.8 Å². The average Bonchev–Trinajstić information content (AvgIpc) is 3.04. The van der Waals surface area contributed by atoms with Crippen LogP contribution in [0.25, 0.3) is 10.8 Å². The van der Waals surface area contributed by atoms with Gasteiger partial charge in [0.05, 0.1) is 5.69 Å². The van der Waals surface area contributed by atoms with Crippen molar-refractivity contribution in [1.29, 1.82) is 0 Å². The molecule has 3 aromatic rings. The summed E-state index contributed by atoms with van der Waals surface area (Å²) in [5.41, 5.74) is 3.76. The van der Waals surface area contributed by atoms with Gasteiger partial charge >= 0.3 is 0 Å². The van der Waals surface area contributed by atoms with Gasteiger partial charge in [-0.2, -0.15) is 0 Å². The van der Waals surface area contributed by atoms with Crippen LogP contribution < -0.4 is 5.32 Å². The van der Waals surface area contributed by atoms with E-state index in [0.29, 0.717) is 11.7 Å². The maximum Gasteiger partial charge on any atom is 0.242 e. The molecule has 5 nitrogen and oxygen atoms in total. The number of rotatable bonds is 5. The normalized spacial score (nSPS) is 17.5. The Kier molecular flexibility index (Phi) is 6.09. The Labute approximate surface area is 186 Å². The molecule has 158 valence electrons. The third-order valence-corrected chi connectivity index (χ3v) is 6.52. The molecule has 1 saturated heterocycles. The molecule has 1 fully saturated rings. The molecule has 0 unspecified atom stereocenters. The van der Waals surface area contributed by atoms with E-state index in [1.54, 1.807) is 4.90 Å². The van der Waals surface area contributed by atoms with Crippen molar-refractivity contribution in [3.05, 3.63) is 71.8 Å². The molecular formula is C25H25N3O2S. The highest BCUT2D eigenvalue weighted by molar-refractivity contribution is 8.15. The Balaban J connectivity index is 1.54. The summed E-state index contributed by atoms with van der Waals surface area (Å²) < 4.78 is 0. The van der Waals surface area contributed by atoms with Gasteiger partial charge in [0, 0.05) is 24.0 Å². The third kappa shape index (κ3) is 4.49. The van der Waals surface area contributed by atoms with E-state index in [0.717, 1.165) is 33.3 Å². The summed E-state index contributed by atoms with van der Waals surface area (Å²) in [4.78, 5) is 32.1. The topological polar surface area (TPSA) is 61.8 Å². The molecule has 2 amide bonds. The van der Waals surface area contributed by atoms with Crippen molar-refractivity contribution in [1.82, 2.24) is 4.90 Å². The summed E-state index contributed by atoms with van der Waals surface area (Å²) in [6.45, 7) is 6.42. The second-order valence-corrected chi connectivity index (χ2v) is 8.82. The van der Waals surface area contributed by atoms with E-state index in [9.17, 15) is 9.59 Å². The van der Waals surface area contributed by atoms with Crippen molar-refractivity contribution in [2.75, 3.05) is 11.9 Å². The third-order valence-electron chi connectivity index (χ3n) is 5.35. The maximum absolute atomic E-state index is 12.9. The van der Waals surface area contributed by atoms with Crippen LogP contribution in [0, 0.1) is 13.8 Å². The number of amidine groups is 1. The van der Waals surface area contributed by atoms with Crippen LogP contribution in [0.1, 0.15) is 24.5 Å². The van der Waals surface area contributed by atoms with Gasteiger partial charge in [0.15, 0.2) is 5.17 Å². The minimum Gasteiger partial charge on any atom is -0.326 e. The van der Waals surface area contributed by atoms with E-state index in [1.165, 1.54) is 11.8 Å². The van der Waals surface area contributed by atoms with Crippen LogP contribution >= 0.6 is 11.8 Å². The first-order valence-corrected chi connectivity index (χ1v) is 11.3. The van der Waals surface area contributed by atoms with Crippen molar-refractivity contribution in [3.63, 3.8) is 0 Å². The number of fused-ring (bicyclic) bond motifs is 1. The molecule has 0 radical (unpaired) electrons. The summed E-state index contributed by atoms with van der Waals surface area (Å²) in [6.07, 6.45) is 0.113. The molecule has 0 saturated carbocycles. The van der Waals surface area contributed by atoms with Crippen molar-refractivity contribution < 1.29 is 9.59 Å². The number of carbonyl (C=O) groups is 2. The molecule has 0 bridgehead atoms. The van der Waals surface area contributed by atoms with Gasteiger partial charge in [0.1, 0.15) is 5.25 Å². The monoisotopic (exact) mass is 431 g/mol. The van der Waals surface area contributed by atoms with E-state index >= 15 is 0 Å². The van der Waals surface area contributed by atoms with Crippen LogP contribution in [0.3, 0.4) is 0 Å². The minimum absolute atomic E-state index is 0.0673. The Morgan fingerprint density at radius 1 is 1.10 bits per heavy atom. The fourth-order valence-electron chi connectivity index (χ4n) is 3.75. The molecule has 31 heavy (non-hydrogen) atoms. The van der Waals surface area contributed by atoms with E-state index < -0.39 is 5.25 Å². The lowest BCUT2D eigenvalue weighted by atomic mass is 10.1. The predicted molar refractivity (Wildman–Crippen MR) is 129 cm³/mol. The standard InChI is InChI=1S/C25H25N3O2S/c1-4-28-24(30)22(15-23(29)26-20-13-12-16(2)14-17(20)3)31-25(28)27-21-11-7-9-18-8-5-6-10-19(18)21/h5-14,22H,4,15H2,1-3H3,(H,26,29)/t22-/m1/s1. The van der Waals surface area contributed by atoms with Crippen LogP contribution in [0.5, 0.6) is 0 Å². The molecule has 1 aliphatic heterocycles. The lowest BCUT2D eigenvalue weighted by molar-refractivity contribution is -0.128. The van der Waals surface area contributed by atoms with Gasteiger partial charge in [-0.15, -0.1) is 0 Å². The molecule has 4 rings (SSSR count). The van der Waals surface area contributed by atoms with Gasteiger partial charge in [-0.05, 0) is 43.9 Å². The number of hydrogen-bond donors (Lipinski definition) is 1. The van der Waals surface area contributed by atoms with E-state index in [-0.39, 0.29) is 18.2 Å². The molecular weight excluding hydrogens is 406 g/mol. The highest BCUT2D eigenvalue weighted by Gasteiger charge is 2.38. The van der Waals surface area contributed by atoms with Gasteiger partial charge in [-0.25, -0.2) is 4.99 Å². The van der Waals surface area contributed by atoms with Crippen molar-refractivity contribution >= 4 is 50.9 Å². The molecule has 0 spiro atoms. The van der Waals surface area contributed by atoms with E-state index in [1.807, 2.05) is 81.4 Å². The van der Waals surface area contributed by atoms with Gasteiger partial charge in [-0.1, -0.05) is 65.9 Å². The first kappa shape index (κ1) is 21.1. The second-order valence-electron chi connectivity index (χ2n) is 7.65. The molecule has 1 aliphatic rings. The Hall–Kier alpha value is -3.12. The van der Waals surface area contributed by atoms with E-state index in [4.69, 9.17) is 4.99 Å². The summed E-state index contributed by atoms with van der Waals surface area (Å²) in [5.74, 6) is -0.234. The number of carbonyl (C=O) groups excluding carboxylic acids is 2. The Bertz CT molecular complexity index is 1180. The fraction of sp³-hybridized carbons (Fsp3) is 0.240. The number of aryl methyl sites for hydroxylation is 2. The highest BCUT2D eigenvalue weighted by Crippen LogP contribution is 2.34. The van der Waals surface area contributed by atoms with Crippen molar-refractivity contribution in [2.24, 2.45) is 4.99 Å². The summed E-state index contributed by atoms with van der Waals surface area (Å²) in [6, 6.07) is 19.9. The number of nitrogens with one attached hydrogen (secondary N) is 1. The maximum atomic E-state index is 12.9. The van der Waals surface area contributed by atoms with Crippen LogP contribution in [-0.4, -0.2) is 33.7 Å². The SMILES string of the molecule is CCN1C(=O)[C@@H](CC(=O)Nc2ccc(C)cc2C)SC1=Nc1cccc2ccccc12. The number of aliphatic imine (C=N–C) groups is 1. The predicted octanol–water partition coefficient (Wildman–Crippen LogP) is 5.44. The lowest BCUT2D eigenvalue weighted by Gasteiger charge is -2.14. The molecule has 1 heterocycles. The lowest BCUT2D eigenvalue weighted by Crippen LogP contribution is -2.33.